The van der Waals surface area contributed by atoms with Gasteiger partial charge in [-0.2, -0.15) is 0 Å². The summed E-state index contributed by atoms with van der Waals surface area (Å²) in [5.41, 5.74) is 0. The number of ether oxygens (including phenoxy) is 1. The fourth-order valence-corrected chi connectivity index (χ4v) is 2.80. The molecule has 0 amide bonds. The second-order valence-electron chi connectivity index (χ2n) is 3.69. The molecule has 0 bridgehead atoms. The van der Waals surface area contributed by atoms with Crippen LogP contribution in [-0.2, 0) is 25.4 Å². The number of esters is 1. The van der Waals surface area contributed by atoms with E-state index in [4.69, 9.17) is 14.4 Å². The third-order valence-electron chi connectivity index (χ3n) is 2.40. The van der Waals surface area contributed by atoms with Crippen LogP contribution in [0.4, 0.5) is 0 Å². The lowest BCUT2D eigenvalue weighted by Crippen LogP contribution is -2.40. The molecule has 17 heavy (non-hydrogen) atoms. The van der Waals surface area contributed by atoms with Crippen molar-refractivity contribution in [1.29, 1.82) is 0 Å². The van der Waals surface area contributed by atoms with Gasteiger partial charge in [-0.15, -0.1) is 0 Å². The molecule has 98 valence electrons. The molecular formula is C8H10Br2O6S. The molecule has 0 aromatic carbocycles. The van der Waals surface area contributed by atoms with E-state index in [1.165, 1.54) is 0 Å². The number of hydrogen-bond donors (Lipinski definition) is 2. The zero-order valence-corrected chi connectivity index (χ0v) is 12.6. The Labute approximate surface area is 117 Å². The van der Waals surface area contributed by atoms with Gasteiger partial charge in [-0.1, -0.05) is 31.9 Å². The van der Waals surface area contributed by atoms with Crippen LogP contribution in [-0.4, -0.2) is 34.5 Å². The van der Waals surface area contributed by atoms with Crippen molar-refractivity contribution >= 4 is 54.9 Å². The lowest BCUT2D eigenvalue weighted by molar-refractivity contribution is -0.148. The zero-order valence-electron chi connectivity index (χ0n) is 8.63. The SMILES string of the molecule is CC(=O)OC(C1CC1C(=O)O)C(Br)(Br)S(=O)O. The van der Waals surface area contributed by atoms with E-state index in [1.807, 2.05) is 0 Å². The summed E-state index contributed by atoms with van der Waals surface area (Å²) in [7, 11) is 0. The third kappa shape index (κ3) is 3.49. The van der Waals surface area contributed by atoms with Gasteiger partial charge in [0.25, 0.3) is 0 Å². The van der Waals surface area contributed by atoms with Crippen LogP contribution in [0.5, 0.6) is 0 Å². The Morgan fingerprint density at radius 3 is 2.35 bits per heavy atom. The lowest BCUT2D eigenvalue weighted by Gasteiger charge is -2.27. The molecule has 6 nitrogen and oxygen atoms in total. The average molecular weight is 394 g/mol. The Kier molecular flexibility index (Phi) is 4.73. The van der Waals surface area contributed by atoms with Gasteiger partial charge in [0.2, 0.25) is 2.57 Å². The monoisotopic (exact) mass is 392 g/mol. The number of carbonyl (C=O) groups excluding carboxylic acids is 1. The quantitative estimate of drug-likeness (QED) is 0.414. The number of halogens is 2. The zero-order chi connectivity index (χ0) is 13.4. The van der Waals surface area contributed by atoms with E-state index in [9.17, 15) is 13.8 Å². The van der Waals surface area contributed by atoms with Gasteiger partial charge in [-0.25, -0.2) is 4.21 Å². The van der Waals surface area contributed by atoms with Gasteiger partial charge in [0.05, 0.1) is 5.92 Å². The van der Waals surface area contributed by atoms with Crippen LogP contribution in [0.1, 0.15) is 13.3 Å². The molecule has 0 spiro atoms. The molecule has 1 aliphatic rings. The number of alkyl halides is 2. The molecule has 1 aliphatic carbocycles. The van der Waals surface area contributed by atoms with Crippen LogP contribution in [0.15, 0.2) is 0 Å². The van der Waals surface area contributed by atoms with Gasteiger partial charge in [0, 0.05) is 12.8 Å². The topological polar surface area (TPSA) is 101 Å². The summed E-state index contributed by atoms with van der Waals surface area (Å²) in [5, 5.41) is 8.80. The lowest BCUT2D eigenvalue weighted by atomic mass is 10.2. The number of aliphatic carboxylic acids is 1. The highest BCUT2D eigenvalue weighted by Gasteiger charge is 2.58. The molecule has 0 heterocycles. The molecule has 9 heteroatoms. The van der Waals surface area contributed by atoms with Crippen molar-refractivity contribution in [2.24, 2.45) is 11.8 Å². The molecular weight excluding hydrogens is 384 g/mol. The van der Waals surface area contributed by atoms with Gasteiger partial charge in [-0.05, 0) is 6.42 Å². The van der Waals surface area contributed by atoms with Gasteiger partial charge in [0.15, 0.2) is 11.1 Å². The van der Waals surface area contributed by atoms with E-state index in [1.54, 1.807) is 0 Å². The highest BCUT2D eigenvalue weighted by Crippen LogP contribution is 2.51. The summed E-state index contributed by atoms with van der Waals surface area (Å²) in [6.07, 6.45) is -0.712. The number of hydrogen-bond acceptors (Lipinski definition) is 4. The molecule has 0 aromatic rings. The first-order valence-corrected chi connectivity index (χ1v) is 7.26. The van der Waals surface area contributed by atoms with Crippen molar-refractivity contribution in [2.75, 3.05) is 0 Å². The van der Waals surface area contributed by atoms with Crippen LogP contribution in [0.2, 0.25) is 0 Å². The van der Waals surface area contributed by atoms with E-state index < -0.39 is 43.5 Å². The molecule has 0 aromatic heterocycles. The van der Waals surface area contributed by atoms with Gasteiger partial charge < -0.3 is 14.4 Å². The fourth-order valence-electron chi connectivity index (χ4n) is 1.52. The van der Waals surface area contributed by atoms with Crippen molar-refractivity contribution in [3.8, 4) is 0 Å². The smallest absolute Gasteiger partial charge is 0.306 e. The molecule has 0 aliphatic heterocycles. The maximum atomic E-state index is 11.1. The van der Waals surface area contributed by atoms with Crippen LogP contribution < -0.4 is 0 Å². The van der Waals surface area contributed by atoms with Crippen LogP contribution in [0.3, 0.4) is 0 Å². The summed E-state index contributed by atoms with van der Waals surface area (Å²) in [6.45, 7) is 1.15. The Balaban J connectivity index is 2.87. The van der Waals surface area contributed by atoms with Gasteiger partial charge in [-0.3, -0.25) is 9.59 Å². The van der Waals surface area contributed by atoms with Gasteiger partial charge >= 0.3 is 11.9 Å². The summed E-state index contributed by atoms with van der Waals surface area (Å²) in [6, 6.07) is 0. The van der Waals surface area contributed by atoms with Crippen LogP contribution in [0.25, 0.3) is 0 Å². The van der Waals surface area contributed by atoms with Crippen molar-refractivity contribution < 1.29 is 28.2 Å². The largest absolute Gasteiger partial charge is 0.481 e. The normalized spacial score (nSPS) is 27.1. The minimum atomic E-state index is -2.37. The van der Waals surface area contributed by atoms with Gasteiger partial charge in [0.1, 0.15) is 6.10 Å². The molecule has 0 saturated heterocycles. The first kappa shape index (κ1) is 15.1. The Morgan fingerprint density at radius 2 is 2.06 bits per heavy atom. The predicted molar refractivity (Wildman–Crippen MR) is 66.1 cm³/mol. The first-order chi connectivity index (χ1) is 7.67. The first-order valence-electron chi connectivity index (χ1n) is 4.56. The van der Waals surface area contributed by atoms with Crippen molar-refractivity contribution in [1.82, 2.24) is 0 Å². The minimum Gasteiger partial charge on any atom is -0.481 e. The second-order valence-corrected chi connectivity index (χ2v) is 9.44. The summed E-state index contributed by atoms with van der Waals surface area (Å²) in [5.74, 6) is -2.78. The van der Waals surface area contributed by atoms with Crippen molar-refractivity contribution in [3.63, 3.8) is 0 Å². The van der Waals surface area contributed by atoms with E-state index in [0.29, 0.717) is 6.42 Å². The van der Waals surface area contributed by atoms with Crippen LogP contribution in [0, 0.1) is 11.8 Å². The maximum absolute atomic E-state index is 11.1. The van der Waals surface area contributed by atoms with E-state index in [-0.39, 0.29) is 0 Å². The Bertz CT molecular complexity index is 371. The number of carbonyl (C=O) groups is 2. The molecule has 1 fully saturated rings. The number of carboxylic acids is 1. The molecule has 2 N–H and O–H groups in total. The second kappa shape index (κ2) is 5.33. The molecule has 1 saturated carbocycles. The number of rotatable bonds is 5. The average Bonchev–Trinajstić information content (AvgIpc) is 2.92. The summed E-state index contributed by atoms with van der Waals surface area (Å²) in [4.78, 5) is 21.7. The number of carboxylic acid groups (broad SMARTS) is 1. The highest BCUT2D eigenvalue weighted by molar-refractivity contribution is 9.27. The highest BCUT2D eigenvalue weighted by atomic mass is 79.9. The Hall–Kier alpha value is 0.01000. The predicted octanol–water partition coefficient (Wildman–Crippen LogP) is 1.30. The molecule has 4 unspecified atom stereocenters. The maximum Gasteiger partial charge on any atom is 0.306 e. The van der Waals surface area contributed by atoms with E-state index >= 15 is 0 Å². The van der Waals surface area contributed by atoms with E-state index in [2.05, 4.69) is 31.9 Å². The molecule has 1 rings (SSSR count). The standard InChI is InChI=1S/C8H10Br2O6S/c1-3(11)16-6(8(9,10)17(14)15)4-2-5(4)7(12)13/h4-6H,2H2,1H3,(H,12,13)(H,14,15). The fraction of sp³-hybridized carbons (Fsp3) is 0.750. The van der Waals surface area contributed by atoms with E-state index in [0.717, 1.165) is 6.92 Å². The molecule has 0 radical (unpaired) electrons. The third-order valence-corrected chi connectivity index (χ3v) is 5.66. The minimum absolute atomic E-state index is 0.309. The summed E-state index contributed by atoms with van der Waals surface area (Å²) >= 11 is 3.54. The summed E-state index contributed by atoms with van der Waals surface area (Å²) < 4.78 is 23.6. The van der Waals surface area contributed by atoms with Crippen molar-refractivity contribution in [3.05, 3.63) is 0 Å². The Morgan fingerprint density at radius 1 is 1.53 bits per heavy atom. The van der Waals surface area contributed by atoms with Crippen molar-refractivity contribution in [2.45, 2.75) is 22.0 Å². The molecule has 4 atom stereocenters. The van der Waals surface area contributed by atoms with Crippen LogP contribution >= 0.6 is 31.9 Å².